The number of amidine groups is 1. The molecular formula is C23H27N3O4S. The van der Waals surface area contributed by atoms with E-state index < -0.39 is 0 Å². The summed E-state index contributed by atoms with van der Waals surface area (Å²) in [5.74, 6) is 1.23. The van der Waals surface area contributed by atoms with E-state index >= 15 is 0 Å². The van der Waals surface area contributed by atoms with Crippen molar-refractivity contribution in [1.82, 2.24) is 10.3 Å². The summed E-state index contributed by atoms with van der Waals surface area (Å²) in [6.07, 6.45) is 0.763. The van der Waals surface area contributed by atoms with Crippen molar-refractivity contribution >= 4 is 28.7 Å². The Kier molecular flexibility index (Phi) is 7.57. The van der Waals surface area contributed by atoms with Gasteiger partial charge < -0.3 is 14.8 Å². The molecule has 0 aromatic heterocycles. The fraction of sp³-hybridized carbons (Fsp3) is 0.348. The molecule has 1 heterocycles. The molecule has 7 nitrogen and oxygen atoms in total. The molecule has 2 aromatic rings. The van der Waals surface area contributed by atoms with Crippen molar-refractivity contribution in [3.8, 4) is 11.5 Å². The van der Waals surface area contributed by atoms with Crippen LogP contribution in [0.25, 0.3) is 0 Å². The summed E-state index contributed by atoms with van der Waals surface area (Å²) >= 11 is 1.32. The summed E-state index contributed by atoms with van der Waals surface area (Å²) in [6, 6.07) is 13.7. The number of nitrogens with one attached hydrogen (secondary N) is 1. The van der Waals surface area contributed by atoms with Gasteiger partial charge in [-0.25, -0.2) is 5.01 Å². The molecule has 2 aromatic carbocycles. The molecule has 0 radical (unpaired) electrons. The summed E-state index contributed by atoms with van der Waals surface area (Å²) in [5, 5.41) is 8.30. The number of amides is 2. The van der Waals surface area contributed by atoms with Crippen LogP contribution in [0, 0.1) is 13.8 Å². The Bertz CT molecular complexity index is 975. The first kappa shape index (κ1) is 22.7. The second-order valence-electron chi connectivity index (χ2n) is 7.31. The minimum Gasteiger partial charge on any atom is -0.493 e. The highest BCUT2D eigenvalue weighted by molar-refractivity contribution is 8.14. The molecule has 1 N–H and O–H groups in total. The van der Waals surface area contributed by atoms with Crippen LogP contribution in [0.1, 0.15) is 42.3 Å². The molecule has 0 bridgehead atoms. The molecule has 0 fully saturated rings. The third-order valence-corrected chi connectivity index (χ3v) is 5.66. The first-order chi connectivity index (χ1) is 14.8. The molecule has 0 unspecified atom stereocenters. The van der Waals surface area contributed by atoms with Gasteiger partial charge in [0.25, 0.3) is 0 Å². The average molecular weight is 442 g/mol. The number of hydrogen-bond donors (Lipinski definition) is 1. The van der Waals surface area contributed by atoms with Crippen LogP contribution in [0.4, 0.5) is 0 Å². The second kappa shape index (κ2) is 10.3. The van der Waals surface area contributed by atoms with Crippen LogP contribution in [0.3, 0.4) is 0 Å². The summed E-state index contributed by atoms with van der Waals surface area (Å²) in [6.45, 7) is 8.09. The van der Waals surface area contributed by atoms with Crippen molar-refractivity contribution < 1.29 is 19.1 Å². The Balaban J connectivity index is 1.48. The number of carbonyl (C=O) groups excluding carboxylic acids is 2. The van der Waals surface area contributed by atoms with Crippen molar-refractivity contribution in [2.24, 2.45) is 5.10 Å². The van der Waals surface area contributed by atoms with Gasteiger partial charge in [0.15, 0.2) is 5.17 Å². The molecule has 31 heavy (non-hydrogen) atoms. The largest absolute Gasteiger partial charge is 0.493 e. The van der Waals surface area contributed by atoms with Crippen LogP contribution in [-0.4, -0.2) is 35.2 Å². The molecule has 2 amide bonds. The van der Waals surface area contributed by atoms with E-state index in [0.717, 1.165) is 29.0 Å². The third kappa shape index (κ3) is 6.24. The Hall–Kier alpha value is -3.00. The van der Waals surface area contributed by atoms with Crippen LogP contribution in [0.2, 0.25) is 0 Å². The number of aryl methyl sites for hydroxylation is 2. The van der Waals surface area contributed by atoms with Gasteiger partial charge in [-0.15, -0.1) is 5.10 Å². The maximum atomic E-state index is 11.9. The molecule has 0 saturated heterocycles. The molecule has 164 valence electrons. The fourth-order valence-electron chi connectivity index (χ4n) is 3.10. The smallest absolute Gasteiger partial charge is 0.241 e. The first-order valence-corrected chi connectivity index (χ1v) is 11.0. The third-order valence-electron chi connectivity index (χ3n) is 4.56. The lowest BCUT2D eigenvalue weighted by molar-refractivity contribution is -0.129. The molecule has 1 aliphatic rings. The van der Waals surface area contributed by atoms with E-state index in [9.17, 15) is 9.59 Å². The number of rotatable bonds is 7. The van der Waals surface area contributed by atoms with E-state index in [0.29, 0.717) is 18.4 Å². The van der Waals surface area contributed by atoms with Gasteiger partial charge in [-0.05, 0) is 43.2 Å². The maximum Gasteiger partial charge on any atom is 0.241 e. The summed E-state index contributed by atoms with van der Waals surface area (Å²) < 4.78 is 11.6. The quantitative estimate of drug-likeness (QED) is 0.653. The zero-order valence-corrected chi connectivity index (χ0v) is 19.0. The van der Waals surface area contributed by atoms with Crippen LogP contribution in [-0.2, 0) is 9.59 Å². The zero-order chi connectivity index (χ0) is 22.4. The first-order valence-electron chi connectivity index (χ1n) is 10.1. The van der Waals surface area contributed by atoms with Gasteiger partial charge in [-0.1, -0.05) is 41.6 Å². The molecule has 3 rings (SSSR count). The number of nitrogens with zero attached hydrogens (tertiary/aromatic N) is 2. The van der Waals surface area contributed by atoms with Gasteiger partial charge in [0.1, 0.15) is 16.9 Å². The van der Waals surface area contributed by atoms with Crippen molar-refractivity contribution in [3.05, 3.63) is 59.2 Å². The van der Waals surface area contributed by atoms with E-state index in [2.05, 4.69) is 23.4 Å². The number of benzene rings is 2. The predicted octanol–water partition coefficient (Wildman–Crippen LogP) is 4.15. The maximum absolute atomic E-state index is 11.9. The molecule has 0 saturated carbocycles. The predicted molar refractivity (Wildman–Crippen MR) is 122 cm³/mol. The summed E-state index contributed by atoms with van der Waals surface area (Å²) in [4.78, 5) is 23.2. The fourth-order valence-corrected chi connectivity index (χ4v) is 4.24. The number of hydrazone groups is 1. The minimum atomic E-state index is -0.320. The van der Waals surface area contributed by atoms with Crippen LogP contribution >= 0.6 is 11.8 Å². The molecular weight excluding hydrogens is 414 g/mol. The van der Waals surface area contributed by atoms with Crippen molar-refractivity contribution in [2.75, 3.05) is 13.2 Å². The van der Waals surface area contributed by atoms with Gasteiger partial charge in [-0.3, -0.25) is 9.59 Å². The van der Waals surface area contributed by atoms with Crippen molar-refractivity contribution in [2.45, 2.75) is 39.5 Å². The summed E-state index contributed by atoms with van der Waals surface area (Å²) in [5.41, 5.74) is 3.25. The molecule has 1 atom stereocenters. The normalized spacial score (nSPS) is 15.4. The Morgan fingerprint density at radius 1 is 1.06 bits per heavy atom. The van der Waals surface area contributed by atoms with Gasteiger partial charge in [0.2, 0.25) is 11.8 Å². The van der Waals surface area contributed by atoms with E-state index in [1.54, 1.807) is 0 Å². The lowest BCUT2D eigenvalue weighted by Crippen LogP contribution is -2.25. The van der Waals surface area contributed by atoms with Gasteiger partial charge in [0, 0.05) is 20.3 Å². The van der Waals surface area contributed by atoms with Gasteiger partial charge >= 0.3 is 0 Å². The highest BCUT2D eigenvalue weighted by Gasteiger charge is 2.32. The Morgan fingerprint density at radius 2 is 1.77 bits per heavy atom. The van der Waals surface area contributed by atoms with E-state index in [1.165, 1.54) is 36.2 Å². The average Bonchev–Trinajstić information content (AvgIpc) is 3.13. The number of thioether (sulfide) groups is 1. The Labute approximate surface area is 186 Å². The Morgan fingerprint density at radius 3 is 2.42 bits per heavy atom. The van der Waals surface area contributed by atoms with E-state index in [-0.39, 0.29) is 17.2 Å². The molecule has 0 aliphatic carbocycles. The van der Waals surface area contributed by atoms with E-state index in [1.807, 2.05) is 43.3 Å². The zero-order valence-electron chi connectivity index (χ0n) is 18.2. The van der Waals surface area contributed by atoms with Crippen molar-refractivity contribution in [3.63, 3.8) is 0 Å². The highest BCUT2D eigenvalue weighted by Crippen LogP contribution is 2.39. The lowest BCUT2D eigenvalue weighted by atomic mass is 10.1. The lowest BCUT2D eigenvalue weighted by Gasteiger charge is -2.19. The minimum absolute atomic E-state index is 0.193. The van der Waals surface area contributed by atoms with Gasteiger partial charge in [-0.2, -0.15) is 0 Å². The van der Waals surface area contributed by atoms with Crippen molar-refractivity contribution in [1.29, 1.82) is 0 Å². The molecule has 8 heteroatoms. The second-order valence-corrected chi connectivity index (χ2v) is 8.38. The van der Waals surface area contributed by atoms with Gasteiger partial charge in [0.05, 0.1) is 13.2 Å². The monoisotopic (exact) mass is 441 g/mol. The van der Waals surface area contributed by atoms with Crippen LogP contribution in [0.5, 0.6) is 11.5 Å². The summed E-state index contributed by atoms with van der Waals surface area (Å²) in [7, 11) is 0. The highest BCUT2D eigenvalue weighted by atomic mass is 32.2. The number of hydrogen-bond acceptors (Lipinski definition) is 6. The standard InChI is InChI=1S/C23H27N3O4S/c1-15-6-11-21(16(2)14-15)30-13-5-12-29-20-9-7-19(8-10-20)22-26(18(4)28)25-23(31-22)24-17(3)27/h6-11,14,22H,5,12-13H2,1-4H3,(H,24,25,27)/t22-/m1/s1. The number of carbonyl (C=O) groups is 2. The van der Waals surface area contributed by atoms with Crippen LogP contribution < -0.4 is 14.8 Å². The molecule has 1 aliphatic heterocycles. The number of ether oxygens (including phenoxy) is 2. The molecule has 0 spiro atoms. The SMILES string of the molecule is CC(=O)NC1=NN(C(C)=O)[C@@H](c2ccc(OCCCOc3ccc(C)cc3C)cc2)S1. The topological polar surface area (TPSA) is 80.2 Å². The van der Waals surface area contributed by atoms with E-state index in [4.69, 9.17) is 9.47 Å². The van der Waals surface area contributed by atoms with Crippen LogP contribution in [0.15, 0.2) is 47.6 Å².